The third-order valence-corrected chi connectivity index (χ3v) is 5.62. The first kappa shape index (κ1) is 21.0. The van der Waals surface area contributed by atoms with Gasteiger partial charge in [0.05, 0.1) is 0 Å². The number of nitrogens with zero attached hydrogens (tertiary/aromatic N) is 1. The van der Waals surface area contributed by atoms with Crippen LogP contribution in [0.1, 0.15) is 38.3 Å². The minimum Gasteiger partial charge on any atom is -0.480 e. The molecule has 2 amide bonds. The number of rotatable bonds is 7. The van der Waals surface area contributed by atoms with Crippen molar-refractivity contribution in [2.45, 2.75) is 38.8 Å². The number of carbonyl (C=O) groups excluding carboxylic acids is 3. The number of carboxylic acids is 1. The van der Waals surface area contributed by atoms with Gasteiger partial charge in [-0.25, -0.2) is 4.79 Å². The lowest BCUT2D eigenvalue weighted by atomic mass is 10.1. The molecule has 1 heterocycles. The fraction of sp³-hybridized carbons (Fsp3) is 0.474. The molecule has 0 bridgehead atoms. The molecule has 1 fully saturated rings. The summed E-state index contributed by atoms with van der Waals surface area (Å²) in [6.07, 6.45) is 1.12. The van der Waals surface area contributed by atoms with Gasteiger partial charge in [0, 0.05) is 25.1 Å². The number of hydrogen-bond donors (Lipinski definition) is 2. The molecule has 0 spiro atoms. The van der Waals surface area contributed by atoms with Gasteiger partial charge in [-0.2, -0.15) is 0 Å². The maximum Gasteiger partial charge on any atom is 0.326 e. The highest BCUT2D eigenvalue weighted by atomic mass is 32.2. The van der Waals surface area contributed by atoms with Crippen LogP contribution in [0.4, 0.5) is 0 Å². The van der Waals surface area contributed by atoms with Gasteiger partial charge in [0.1, 0.15) is 12.1 Å². The van der Waals surface area contributed by atoms with E-state index in [4.69, 9.17) is 0 Å². The zero-order valence-electron chi connectivity index (χ0n) is 15.4. The van der Waals surface area contributed by atoms with Crippen molar-refractivity contribution in [2.24, 2.45) is 5.92 Å². The monoisotopic (exact) mass is 392 g/mol. The van der Waals surface area contributed by atoms with E-state index in [-0.39, 0.29) is 22.7 Å². The van der Waals surface area contributed by atoms with Crippen molar-refractivity contribution in [1.29, 1.82) is 0 Å². The van der Waals surface area contributed by atoms with Gasteiger partial charge in [0.15, 0.2) is 0 Å². The second kappa shape index (κ2) is 9.55. The van der Waals surface area contributed by atoms with Gasteiger partial charge in [-0.3, -0.25) is 14.4 Å². The Morgan fingerprint density at radius 2 is 1.93 bits per heavy atom. The molecule has 2 rings (SSSR count). The number of carbonyl (C=O) groups is 4. The van der Waals surface area contributed by atoms with Crippen molar-refractivity contribution in [3.05, 3.63) is 35.9 Å². The molecular formula is C19H24N2O5S. The van der Waals surface area contributed by atoms with E-state index in [1.165, 1.54) is 11.8 Å². The zero-order chi connectivity index (χ0) is 20.0. The molecule has 7 nitrogen and oxygen atoms in total. The number of aliphatic carboxylic acids is 1. The topological polar surface area (TPSA) is 104 Å². The lowest BCUT2D eigenvalue weighted by Crippen LogP contribution is -2.43. The summed E-state index contributed by atoms with van der Waals surface area (Å²) in [5, 5.41) is 11.6. The molecular weight excluding hydrogens is 368 g/mol. The quantitative estimate of drug-likeness (QED) is 0.734. The minimum atomic E-state index is -0.994. The molecule has 0 aromatic heterocycles. The van der Waals surface area contributed by atoms with Gasteiger partial charge >= 0.3 is 5.97 Å². The van der Waals surface area contributed by atoms with Crippen LogP contribution in [0.25, 0.3) is 0 Å². The van der Waals surface area contributed by atoms with Gasteiger partial charge in [-0.05, 0) is 18.4 Å². The first-order valence-electron chi connectivity index (χ1n) is 8.83. The Balaban J connectivity index is 1.98. The molecule has 27 heavy (non-hydrogen) atoms. The molecule has 1 aromatic carbocycles. The standard InChI is InChI=1S/C19H24N2O5S/c1-12(17(23)21-10-6-9-15(21)18(24)25)11-27-19(26)16(20-13(2)22)14-7-4-3-5-8-14/h3-5,7-8,12,15-16H,6,9-11H2,1-2H3,(H,20,22)(H,24,25). The number of likely N-dealkylation sites (tertiary alicyclic amines) is 1. The molecule has 1 aromatic rings. The van der Waals surface area contributed by atoms with Crippen LogP contribution in [-0.4, -0.2) is 51.2 Å². The molecule has 0 aliphatic carbocycles. The smallest absolute Gasteiger partial charge is 0.326 e. The summed E-state index contributed by atoms with van der Waals surface area (Å²) in [4.78, 5) is 49.3. The second-order valence-corrected chi connectivity index (χ2v) is 7.63. The first-order chi connectivity index (χ1) is 12.8. The van der Waals surface area contributed by atoms with Crippen LogP contribution < -0.4 is 5.32 Å². The molecule has 0 radical (unpaired) electrons. The van der Waals surface area contributed by atoms with E-state index in [1.54, 1.807) is 31.2 Å². The normalized spacial score (nSPS) is 18.6. The third-order valence-electron chi connectivity index (χ3n) is 4.43. The Labute approximate surface area is 162 Å². The molecule has 2 N–H and O–H groups in total. The highest BCUT2D eigenvalue weighted by Crippen LogP contribution is 2.25. The SMILES string of the molecule is CC(=O)NC(C(=O)SCC(C)C(=O)N1CCCC1C(=O)O)c1ccccc1. The third kappa shape index (κ3) is 5.56. The second-order valence-electron chi connectivity index (χ2n) is 6.60. The predicted molar refractivity (Wildman–Crippen MR) is 102 cm³/mol. The molecule has 3 unspecified atom stereocenters. The van der Waals surface area contributed by atoms with Gasteiger partial charge in [-0.1, -0.05) is 49.0 Å². The average molecular weight is 392 g/mol. The lowest BCUT2D eigenvalue weighted by Gasteiger charge is -2.25. The van der Waals surface area contributed by atoms with Crippen molar-refractivity contribution < 1.29 is 24.3 Å². The fourth-order valence-electron chi connectivity index (χ4n) is 3.06. The van der Waals surface area contributed by atoms with Gasteiger partial charge in [0.25, 0.3) is 0 Å². The van der Waals surface area contributed by atoms with Crippen LogP contribution >= 0.6 is 11.8 Å². The van der Waals surface area contributed by atoms with Crippen LogP contribution in [0.2, 0.25) is 0 Å². The van der Waals surface area contributed by atoms with Crippen LogP contribution in [0, 0.1) is 5.92 Å². The Kier molecular flexibility index (Phi) is 7.41. The number of carboxylic acid groups (broad SMARTS) is 1. The Bertz CT molecular complexity index is 709. The highest BCUT2D eigenvalue weighted by Gasteiger charge is 2.36. The summed E-state index contributed by atoms with van der Waals surface area (Å²) < 4.78 is 0. The van der Waals surface area contributed by atoms with Crippen LogP contribution in [0.3, 0.4) is 0 Å². The van der Waals surface area contributed by atoms with Crippen LogP contribution in [0.15, 0.2) is 30.3 Å². The van der Waals surface area contributed by atoms with E-state index in [2.05, 4.69) is 5.32 Å². The van der Waals surface area contributed by atoms with Gasteiger partial charge < -0.3 is 15.3 Å². The lowest BCUT2D eigenvalue weighted by molar-refractivity contribution is -0.149. The van der Waals surface area contributed by atoms with Crippen molar-refractivity contribution in [2.75, 3.05) is 12.3 Å². The van der Waals surface area contributed by atoms with E-state index < -0.39 is 24.0 Å². The number of benzene rings is 1. The molecule has 1 saturated heterocycles. The van der Waals surface area contributed by atoms with E-state index in [0.29, 0.717) is 24.9 Å². The van der Waals surface area contributed by atoms with Crippen molar-refractivity contribution >= 4 is 34.7 Å². The highest BCUT2D eigenvalue weighted by molar-refractivity contribution is 8.13. The predicted octanol–water partition coefficient (Wildman–Crippen LogP) is 1.84. The van der Waals surface area contributed by atoms with E-state index >= 15 is 0 Å². The summed E-state index contributed by atoms with van der Waals surface area (Å²) in [5.74, 6) is -1.83. The maximum atomic E-state index is 12.6. The first-order valence-corrected chi connectivity index (χ1v) is 9.81. The summed E-state index contributed by atoms with van der Waals surface area (Å²) in [6, 6.07) is 7.35. The summed E-state index contributed by atoms with van der Waals surface area (Å²) in [6.45, 7) is 3.46. The summed E-state index contributed by atoms with van der Waals surface area (Å²) in [7, 11) is 0. The molecule has 8 heteroatoms. The van der Waals surface area contributed by atoms with Crippen molar-refractivity contribution in [3.63, 3.8) is 0 Å². The Hall–Kier alpha value is -2.35. The van der Waals surface area contributed by atoms with Crippen LogP contribution in [0.5, 0.6) is 0 Å². The minimum absolute atomic E-state index is 0.226. The average Bonchev–Trinajstić information content (AvgIpc) is 3.14. The Morgan fingerprint density at radius 1 is 1.26 bits per heavy atom. The van der Waals surface area contributed by atoms with Gasteiger partial charge in [0.2, 0.25) is 16.9 Å². The fourth-order valence-corrected chi connectivity index (χ4v) is 3.98. The van der Waals surface area contributed by atoms with Gasteiger partial charge in [-0.15, -0.1) is 0 Å². The number of amides is 2. The number of thioether (sulfide) groups is 1. The zero-order valence-corrected chi connectivity index (χ0v) is 16.2. The summed E-state index contributed by atoms with van der Waals surface area (Å²) in [5.41, 5.74) is 0.676. The van der Waals surface area contributed by atoms with E-state index in [1.807, 2.05) is 6.07 Å². The van der Waals surface area contributed by atoms with Crippen LogP contribution in [-0.2, 0) is 19.2 Å². The van der Waals surface area contributed by atoms with Crippen molar-refractivity contribution in [1.82, 2.24) is 10.2 Å². The number of nitrogens with one attached hydrogen (secondary N) is 1. The number of hydrogen-bond acceptors (Lipinski definition) is 5. The molecule has 3 atom stereocenters. The van der Waals surface area contributed by atoms with E-state index in [9.17, 15) is 24.3 Å². The molecule has 0 saturated carbocycles. The summed E-state index contributed by atoms with van der Waals surface area (Å²) >= 11 is 0.978. The Morgan fingerprint density at radius 3 is 2.52 bits per heavy atom. The molecule has 1 aliphatic rings. The van der Waals surface area contributed by atoms with E-state index in [0.717, 1.165) is 11.8 Å². The maximum absolute atomic E-state index is 12.6. The molecule has 146 valence electrons. The van der Waals surface area contributed by atoms with Crippen molar-refractivity contribution in [3.8, 4) is 0 Å². The largest absolute Gasteiger partial charge is 0.480 e. The molecule has 1 aliphatic heterocycles.